The van der Waals surface area contributed by atoms with Crippen molar-refractivity contribution in [2.24, 2.45) is 0 Å². The number of hydrogen-bond donors (Lipinski definition) is 0. The van der Waals surface area contributed by atoms with Gasteiger partial charge in [0.2, 0.25) is 0 Å². The van der Waals surface area contributed by atoms with Crippen LogP contribution in [-0.2, 0) is 6.54 Å². The fourth-order valence-electron chi connectivity index (χ4n) is 3.39. The normalized spacial score (nSPS) is 17.2. The maximum Gasteiger partial charge on any atom is 0.257 e. The number of nitrogens with zero attached hydrogens (tertiary/aromatic N) is 5. The minimum atomic E-state index is 0.0835. The second-order valence-electron chi connectivity index (χ2n) is 7.01. The van der Waals surface area contributed by atoms with E-state index in [4.69, 9.17) is 4.98 Å². The van der Waals surface area contributed by atoms with Gasteiger partial charge in [0.05, 0.1) is 11.3 Å². The Hall–Kier alpha value is -2.37. The molecule has 1 amide bonds. The molecular formula is C19H27N5O. The molecule has 1 fully saturated rings. The van der Waals surface area contributed by atoms with Crippen LogP contribution in [0.4, 0.5) is 5.69 Å². The summed E-state index contributed by atoms with van der Waals surface area (Å²) in [6.45, 7) is 8.22. The van der Waals surface area contributed by atoms with Gasteiger partial charge in [0, 0.05) is 62.9 Å². The molecule has 1 aliphatic rings. The summed E-state index contributed by atoms with van der Waals surface area (Å²) in [7, 11) is 4.08. The summed E-state index contributed by atoms with van der Waals surface area (Å²) in [6, 6.07) is 4.23. The quantitative estimate of drug-likeness (QED) is 0.858. The van der Waals surface area contributed by atoms with Gasteiger partial charge in [-0.3, -0.25) is 14.5 Å². The Kier molecular flexibility index (Phi) is 4.79. The molecule has 0 N–H and O–H groups in total. The van der Waals surface area contributed by atoms with Gasteiger partial charge in [-0.05, 0) is 39.3 Å². The van der Waals surface area contributed by atoms with E-state index >= 15 is 0 Å². The molecule has 0 radical (unpaired) electrons. The Morgan fingerprint density at radius 2 is 2.08 bits per heavy atom. The maximum atomic E-state index is 12.9. The van der Waals surface area contributed by atoms with E-state index in [0.29, 0.717) is 11.5 Å². The fourth-order valence-corrected chi connectivity index (χ4v) is 3.39. The average Bonchev–Trinajstić information content (AvgIpc) is 3.20. The van der Waals surface area contributed by atoms with Crippen LogP contribution in [0.15, 0.2) is 18.3 Å². The highest BCUT2D eigenvalue weighted by molar-refractivity contribution is 5.95. The van der Waals surface area contributed by atoms with Crippen molar-refractivity contribution in [3.8, 4) is 0 Å². The zero-order valence-corrected chi connectivity index (χ0v) is 15.8. The van der Waals surface area contributed by atoms with E-state index in [9.17, 15) is 4.79 Å². The molecule has 134 valence electrons. The highest BCUT2D eigenvalue weighted by Gasteiger charge is 2.30. The summed E-state index contributed by atoms with van der Waals surface area (Å²) in [4.78, 5) is 21.6. The van der Waals surface area contributed by atoms with Crippen molar-refractivity contribution in [1.29, 1.82) is 0 Å². The van der Waals surface area contributed by atoms with Crippen LogP contribution in [0.25, 0.3) is 0 Å². The van der Waals surface area contributed by atoms with Gasteiger partial charge in [-0.15, -0.1) is 0 Å². The molecule has 0 aromatic carbocycles. The second kappa shape index (κ2) is 6.86. The van der Waals surface area contributed by atoms with Gasteiger partial charge in [0.25, 0.3) is 5.91 Å². The number of likely N-dealkylation sites (tertiary alicyclic amines) is 1. The molecule has 2 aromatic rings. The molecule has 3 heterocycles. The van der Waals surface area contributed by atoms with Crippen molar-refractivity contribution in [2.45, 2.75) is 39.7 Å². The molecular weight excluding hydrogens is 314 g/mol. The lowest BCUT2D eigenvalue weighted by Crippen LogP contribution is -2.28. The molecule has 0 spiro atoms. The second-order valence-corrected chi connectivity index (χ2v) is 7.01. The van der Waals surface area contributed by atoms with Gasteiger partial charge in [0.15, 0.2) is 0 Å². The molecule has 1 saturated heterocycles. The first-order chi connectivity index (χ1) is 11.9. The molecule has 2 aromatic heterocycles. The number of anilines is 1. The van der Waals surface area contributed by atoms with Crippen molar-refractivity contribution in [3.05, 3.63) is 41.0 Å². The highest BCUT2D eigenvalue weighted by atomic mass is 16.2. The molecule has 0 saturated carbocycles. The molecule has 1 aliphatic heterocycles. The van der Waals surface area contributed by atoms with Gasteiger partial charge >= 0.3 is 0 Å². The summed E-state index contributed by atoms with van der Waals surface area (Å²) < 4.78 is 1.82. The molecule has 6 nitrogen and oxygen atoms in total. The van der Waals surface area contributed by atoms with Crippen LogP contribution in [0.3, 0.4) is 0 Å². The lowest BCUT2D eigenvalue weighted by molar-refractivity contribution is 0.0790. The standard InChI is InChI=1S/C19H27N5O/c1-6-24-12-17(14(3)21-24)19(25)23-8-7-15(11-23)18-10-16(22(4)5)9-13(2)20-18/h9-10,12,15H,6-8,11H2,1-5H3/t15-/m1/s1. The number of aryl methyl sites for hydroxylation is 3. The number of aromatic nitrogens is 3. The number of pyridine rings is 1. The number of amides is 1. The first-order valence-corrected chi connectivity index (χ1v) is 8.88. The summed E-state index contributed by atoms with van der Waals surface area (Å²) in [5, 5.41) is 4.39. The summed E-state index contributed by atoms with van der Waals surface area (Å²) in [5.74, 6) is 0.379. The molecule has 3 rings (SSSR count). The predicted octanol–water partition coefficient (Wildman–Crippen LogP) is 2.61. The third-order valence-electron chi connectivity index (χ3n) is 4.87. The monoisotopic (exact) mass is 341 g/mol. The Labute approximate surface area is 149 Å². The number of rotatable bonds is 4. The first kappa shape index (κ1) is 17.5. The molecule has 0 aliphatic carbocycles. The third kappa shape index (κ3) is 3.52. The van der Waals surface area contributed by atoms with Crippen molar-refractivity contribution >= 4 is 11.6 Å². The third-order valence-corrected chi connectivity index (χ3v) is 4.87. The van der Waals surface area contributed by atoms with E-state index < -0.39 is 0 Å². The van der Waals surface area contributed by atoms with Crippen molar-refractivity contribution in [3.63, 3.8) is 0 Å². The summed E-state index contributed by atoms with van der Waals surface area (Å²) >= 11 is 0. The van der Waals surface area contributed by atoms with Gasteiger partial charge in [-0.25, -0.2) is 0 Å². The fraction of sp³-hybridized carbons (Fsp3) is 0.526. The van der Waals surface area contributed by atoms with Crippen molar-refractivity contribution in [1.82, 2.24) is 19.7 Å². The van der Waals surface area contributed by atoms with E-state index in [0.717, 1.165) is 48.8 Å². The smallest absolute Gasteiger partial charge is 0.257 e. The van der Waals surface area contributed by atoms with Crippen LogP contribution >= 0.6 is 0 Å². The summed E-state index contributed by atoms with van der Waals surface area (Å²) in [5.41, 5.74) is 4.78. The minimum absolute atomic E-state index is 0.0835. The Balaban J connectivity index is 1.77. The number of carbonyl (C=O) groups excluding carboxylic acids is 1. The van der Waals surface area contributed by atoms with Crippen LogP contribution < -0.4 is 4.90 Å². The molecule has 0 unspecified atom stereocenters. The Morgan fingerprint density at radius 3 is 2.72 bits per heavy atom. The molecule has 25 heavy (non-hydrogen) atoms. The van der Waals surface area contributed by atoms with Crippen LogP contribution in [0, 0.1) is 13.8 Å². The number of carbonyl (C=O) groups is 1. The van der Waals surface area contributed by atoms with Gasteiger partial charge in [-0.1, -0.05) is 0 Å². The largest absolute Gasteiger partial charge is 0.378 e. The highest BCUT2D eigenvalue weighted by Crippen LogP contribution is 2.29. The Bertz CT molecular complexity index is 780. The van der Waals surface area contributed by atoms with E-state index in [1.807, 2.05) is 50.6 Å². The SMILES string of the molecule is CCn1cc(C(=O)N2CC[C@@H](c3cc(N(C)C)cc(C)n3)C2)c(C)n1. The van der Waals surface area contributed by atoms with E-state index in [1.54, 1.807) is 0 Å². The first-order valence-electron chi connectivity index (χ1n) is 8.88. The predicted molar refractivity (Wildman–Crippen MR) is 99.2 cm³/mol. The topological polar surface area (TPSA) is 54.3 Å². The molecule has 1 atom stereocenters. The van der Waals surface area contributed by atoms with E-state index in [-0.39, 0.29) is 5.91 Å². The van der Waals surface area contributed by atoms with Gasteiger partial charge < -0.3 is 9.80 Å². The van der Waals surface area contributed by atoms with Gasteiger partial charge in [-0.2, -0.15) is 5.10 Å². The van der Waals surface area contributed by atoms with E-state index in [1.165, 1.54) is 0 Å². The lowest BCUT2D eigenvalue weighted by Gasteiger charge is -2.18. The maximum absolute atomic E-state index is 12.9. The van der Waals surface area contributed by atoms with Crippen LogP contribution in [0.2, 0.25) is 0 Å². The summed E-state index contributed by atoms with van der Waals surface area (Å²) in [6.07, 6.45) is 2.82. The van der Waals surface area contributed by atoms with Crippen LogP contribution in [-0.4, -0.2) is 52.8 Å². The lowest BCUT2D eigenvalue weighted by atomic mass is 10.0. The van der Waals surface area contributed by atoms with Gasteiger partial charge in [0.1, 0.15) is 0 Å². The zero-order valence-electron chi connectivity index (χ0n) is 15.8. The molecule has 0 bridgehead atoms. The van der Waals surface area contributed by atoms with E-state index in [2.05, 4.69) is 22.1 Å². The average molecular weight is 341 g/mol. The van der Waals surface area contributed by atoms with Crippen molar-refractivity contribution < 1.29 is 4.79 Å². The zero-order chi connectivity index (χ0) is 18.1. The molecule has 6 heteroatoms. The Morgan fingerprint density at radius 1 is 1.32 bits per heavy atom. The minimum Gasteiger partial charge on any atom is -0.378 e. The van der Waals surface area contributed by atoms with Crippen molar-refractivity contribution in [2.75, 3.05) is 32.1 Å². The number of hydrogen-bond acceptors (Lipinski definition) is 4. The van der Waals surface area contributed by atoms with Crippen LogP contribution in [0.1, 0.15) is 46.7 Å². The van der Waals surface area contributed by atoms with Crippen LogP contribution in [0.5, 0.6) is 0 Å².